The van der Waals surface area contributed by atoms with Crippen LogP contribution in [-0.2, 0) is 0 Å². The van der Waals surface area contributed by atoms with Gasteiger partial charge < -0.3 is 0 Å². The highest BCUT2D eigenvalue weighted by molar-refractivity contribution is 5.84. The van der Waals surface area contributed by atoms with E-state index < -0.39 is 0 Å². The summed E-state index contributed by atoms with van der Waals surface area (Å²) in [5.41, 5.74) is 11.4. The molecule has 0 fully saturated rings. The highest BCUT2D eigenvalue weighted by Crippen LogP contribution is 2.30. The van der Waals surface area contributed by atoms with Gasteiger partial charge in [-0.15, -0.1) is 0 Å². The number of rotatable bonds is 5. The van der Waals surface area contributed by atoms with Crippen LogP contribution in [0.5, 0.6) is 0 Å². The Bertz CT molecular complexity index is 1170. The smallest absolute Gasteiger partial charge is 0.0659 e. The SMILES string of the molecule is Cc1ccc(C=Nc2ccc(-c3ccc(N=Cc4ccc(C)cc4)c(C)c3)cc2C)cc1. The summed E-state index contributed by atoms with van der Waals surface area (Å²) in [6.07, 6.45) is 3.85. The van der Waals surface area contributed by atoms with Gasteiger partial charge in [-0.2, -0.15) is 0 Å². The fourth-order valence-corrected chi connectivity index (χ4v) is 3.55. The van der Waals surface area contributed by atoms with Crippen molar-refractivity contribution in [1.82, 2.24) is 0 Å². The number of benzene rings is 4. The molecule has 0 atom stereocenters. The highest BCUT2D eigenvalue weighted by Gasteiger charge is 2.04. The molecule has 2 nitrogen and oxygen atoms in total. The van der Waals surface area contributed by atoms with Crippen LogP contribution in [0.15, 0.2) is 94.9 Å². The molecule has 158 valence electrons. The van der Waals surface area contributed by atoms with Gasteiger partial charge in [-0.1, -0.05) is 71.8 Å². The molecule has 4 aromatic rings. The summed E-state index contributed by atoms with van der Waals surface area (Å²) in [6, 6.07) is 29.6. The molecule has 0 N–H and O–H groups in total. The molecule has 0 radical (unpaired) electrons. The standard InChI is InChI=1S/C30H28N2/c1-21-5-9-25(10-6-21)19-31-29-15-13-27(17-23(29)3)28-14-16-30(24(4)18-28)32-20-26-11-7-22(2)8-12-26/h5-20H,1-4H3. The second kappa shape index (κ2) is 9.57. The largest absolute Gasteiger partial charge is 0.256 e. The van der Waals surface area contributed by atoms with Crippen LogP contribution in [0.4, 0.5) is 11.4 Å². The normalized spacial score (nSPS) is 11.5. The lowest BCUT2D eigenvalue weighted by atomic mass is 10.00. The molecular formula is C30H28N2. The van der Waals surface area contributed by atoms with Crippen molar-refractivity contribution < 1.29 is 0 Å². The van der Waals surface area contributed by atoms with E-state index in [1.54, 1.807) is 0 Å². The van der Waals surface area contributed by atoms with Crippen LogP contribution >= 0.6 is 0 Å². The average Bonchev–Trinajstić information content (AvgIpc) is 2.79. The van der Waals surface area contributed by atoms with E-state index in [9.17, 15) is 0 Å². The predicted octanol–water partition coefficient (Wildman–Crippen LogP) is 8.09. The zero-order valence-corrected chi connectivity index (χ0v) is 19.1. The Morgan fingerprint density at radius 2 is 0.844 bits per heavy atom. The van der Waals surface area contributed by atoms with Gasteiger partial charge in [-0.3, -0.25) is 9.98 Å². The van der Waals surface area contributed by atoms with Crippen molar-refractivity contribution in [2.45, 2.75) is 27.7 Å². The number of hydrogen-bond donors (Lipinski definition) is 0. The lowest BCUT2D eigenvalue weighted by Gasteiger charge is -2.08. The molecular weight excluding hydrogens is 388 g/mol. The molecule has 0 heterocycles. The van der Waals surface area contributed by atoms with Crippen LogP contribution in [0.1, 0.15) is 33.4 Å². The summed E-state index contributed by atoms with van der Waals surface area (Å²) in [6.45, 7) is 8.40. The van der Waals surface area contributed by atoms with Crippen molar-refractivity contribution in [2.24, 2.45) is 9.98 Å². The first kappa shape index (κ1) is 21.5. The summed E-state index contributed by atoms with van der Waals surface area (Å²) >= 11 is 0. The van der Waals surface area contributed by atoms with Crippen LogP contribution < -0.4 is 0 Å². The summed E-state index contributed by atoms with van der Waals surface area (Å²) in [4.78, 5) is 9.37. The maximum Gasteiger partial charge on any atom is 0.0659 e. The zero-order valence-electron chi connectivity index (χ0n) is 19.1. The minimum atomic E-state index is 0.991. The first-order chi connectivity index (χ1) is 15.5. The fraction of sp³-hybridized carbons (Fsp3) is 0.133. The van der Waals surface area contributed by atoms with Crippen molar-refractivity contribution in [3.8, 4) is 11.1 Å². The van der Waals surface area contributed by atoms with Crippen LogP contribution in [0.2, 0.25) is 0 Å². The van der Waals surface area contributed by atoms with Gasteiger partial charge in [0.1, 0.15) is 0 Å². The van der Waals surface area contributed by atoms with Crippen LogP contribution in [0, 0.1) is 27.7 Å². The molecule has 4 aromatic carbocycles. The molecule has 0 spiro atoms. The molecule has 4 rings (SSSR count). The minimum absolute atomic E-state index is 0.991. The Hall–Kier alpha value is -3.78. The van der Waals surface area contributed by atoms with Crippen molar-refractivity contribution in [3.63, 3.8) is 0 Å². The Labute approximate surface area is 191 Å². The van der Waals surface area contributed by atoms with Crippen molar-refractivity contribution in [2.75, 3.05) is 0 Å². The van der Waals surface area contributed by atoms with Gasteiger partial charge in [0.2, 0.25) is 0 Å². The van der Waals surface area contributed by atoms with Gasteiger partial charge in [0.05, 0.1) is 11.4 Å². The predicted molar refractivity (Wildman–Crippen MR) is 138 cm³/mol. The molecule has 2 heteroatoms. The molecule has 0 saturated heterocycles. The molecule has 0 aliphatic rings. The molecule has 0 amide bonds. The van der Waals surface area contributed by atoms with Crippen molar-refractivity contribution >= 4 is 23.8 Å². The van der Waals surface area contributed by atoms with Crippen molar-refractivity contribution in [3.05, 3.63) is 118 Å². The quantitative estimate of drug-likeness (QED) is 0.294. The van der Waals surface area contributed by atoms with Crippen LogP contribution in [0.25, 0.3) is 11.1 Å². The highest BCUT2D eigenvalue weighted by atomic mass is 14.7. The summed E-state index contributed by atoms with van der Waals surface area (Å²) in [5, 5.41) is 0. The molecule has 0 aliphatic heterocycles. The topological polar surface area (TPSA) is 24.7 Å². The number of nitrogens with zero attached hydrogens (tertiary/aromatic N) is 2. The molecule has 0 unspecified atom stereocenters. The molecule has 0 aromatic heterocycles. The maximum absolute atomic E-state index is 4.69. The average molecular weight is 417 g/mol. The second-order valence-electron chi connectivity index (χ2n) is 8.34. The lowest BCUT2D eigenvalue weighted by Crippen LogP contribution is -1.85. The third-order valence-corrected chi connectivity index (χ3v) is 5.59. The van der Waals surface area contributed by atoms with Gasteiger partial charge in [-0.05, 0) is 85.3 Å². The third-order valence-electron chi connectivity index (χ3n) is 5.59. The van der Waals surface area contributed by atoms with Gasteiger partial charge in [0.15, 0.2) is 0 Å². The molecule has 0 saturated carbocycles. The number of aliphatic imine (C=N–C) groups is 2. The summed E-state index contributed by atoms with van der Waals surface area (Å²) < 4.78 is 0. The van der Waals surface area contributed by atoms with E-state index in [2.05, 4.69) is 123 Å². The van der Waals surface area contributed by atoms with E-state index in [0.717, 1.165) is 33.6 Å². The summed E-state index contributed by atoms with van der Waals surface area (Å²) in [5.74, 6) is 0. The maximum atomic E-state index is 4.69. The first-order valence-electron chi connectivity index (χ1n) is 10.9. The van der Waals surface area contributed by atoms with E-state index in [-0.39, 0.29) is 0 Å². The van der Waals surface area contributed by atoms with Crippen LogP contribution in [0.3, 0.4) is 0 Å². The molecule has 0 bridgehead atoms. The van der Waals surface area contributed by atoms with Crippen molar-refractivity contribution in [1.29, 1.82) is 0 Å². The Morgan fingerprint density at radius 1 is 0.469 bits per heavy atom. The second-order valence-corrected chi connectivity index (χ2v) is 8.34. The minimum Gasteiger partial charge on any atom is -0.256 e. The Kier molecular flexibility index (Phi) is 6.42. The van der Waals surface area contributed by atoms with E-state index in [0.29, 0.717) is 0 Å². The fourth-order valence-electron chi connectivity index (χ4n) is 3.55. The lowest BCUT2D eigenvalue weighted by molar-refractivity contribution is 1.38. The van der Waals surface area contributed by atoms with Gasteiger partial charge in [-0.25, -0.2) is 0 Å². The molecule has 0 aliphatic carbocycles. The van der Waals surface area contributed by atoms with Gasteiger partial charge in [0.25, 0.3) is 0 Å². The monoisotopic (exact) mass is 416 g/mol. The number of hydrogen-bond acceptors (Lipinski definition) is 2. The molecule has 32 heavy (non-hydrogen) atoms. The van der Waals surface area contributed by atoms with Crippen LogP contribution in [-0.4, -0.2) is 12.4 Å². The van der Waals surface area contributed by atoms with E-state index in [1.165, 1.54) is 22.3 Å². The van der Waals surface area contributed by atoms with E-state index in [1.807, 2.05) is 12.4 Å². The third kappa shape index (κ3) is 5.28. The van der Waals surface area contributed by atoms with E-state index in [4.69, 9.17) is 0 Å². The van der Waals surface area contributed by atoms with E-state index >= 15 is 0 Å². The first-order valence-corrected chi connectivity index (χ1v) is 10.9. The van der Waals surface area contributed by atoms with Gasteiger partial charge in [0, 0.05) is 12.4 Å². The number of aryl methyl sites for hydroxylation is 4. The Morgan fingerprint density at radius 3 is 1.19 bits per heavy atom. The summed E-state index contributed by atoms with van der Waals surface area (Å²) in [7, 11) is 0. The zero-order chi connectivity index (χ0) is 22.5. The Balaban J connectivity index is 1.52. The van der Waals surface area contributed by atoms with Gasteiger partial charge >= 0.3 is 0 Å².